The molecular weight excluding hydrogens is 244 g/mol. The summed E-state index contributed by atoms with van der Waals surface area (Å²) < 4.78 is 0. The predicted octanol–water partition coefficient (Wildman–Crippen LogP) is 3.87. The van der Waals surface area contributed by atoms with E-state index in [0.717, 1.165) is 17.7 Å². The Morgan fingerprint density at radius 3 is 2.83 bits per heavy atom. The van der Waals surface area contributed by atoms with Crippen LogP contribution in [-0.2, 0) is 4.79 Å². The van der Waals surface area contributed by atoms with E-state index in [9.17, 15) is 4.79 Å². The van der Waals surface area contributed by atoms with Gasteiger partial charge in [0.1, 0.15) is 0 Å². The van der Waals surface area contributed by atoms with Crippen LogP contribution in [0, 0.1) is 6.92 Å². The highest BCUT2D eigenvalue weighted by molar-refractivity contribution is 7.11. The second-order valence-electron chi connectivity index (χ2n) is 4.43. The zero-order valence-corrected chi connectivity index (χ0v) is 12.1. The first-order valence-electron chi connectivity index (χ1n) is 6.60. The number of hydrazone groups is 1. The number of carbonyl (C=O) groups excluding carboxylic acids is 1. The Kier molecular flexibility index (Phi) is 7.34. The maximum Gasteiger partial charge on any atom is 0.240 e. The van der Waals surface area contributed by atoms with Gasteiger partial charge in [0.05, 0.1) is 6.21 Å². The molecule has 100 valence electrons. The minimum Gasteiger partial charge on any atom is -0.273 e. The SMILES string of the molecule is CCCCCCCC(=O)NN=Cc1sccc1C. The Balaban J connectivity index is 2.13. The van der Waals surface area contributed by atoms with Crippen LogP contribution in [0.4, 0.5) is 0 Å². The molecule has 0 saturated carbocycles. The van der Waals surface area contributed by atoms with Crippen LogP contribution >= 0.6 is 11.3 Å². The third kappa shape index (κ3) is 5.96. The van der Waals surface area contributed by atoms with Crippen LogP contribution in [0.25, 0.3) is 0 Å². The minimum atomic E-state index is 0.0111. The fourth-order valence-corrected chi connectivity index (χ4v) is 2.41. The molecule has 1 aromatic rings. The number of nitrogens with zero attached hydrogens (tertiary/aromatic N) is 1. The summed E-state index contributed by atoms with van der Waals surface area (Å²) in [5.74, 6) is 0.0111. The van der Waals surface area contributed by atoms with Crippen molar-refractivity contribution in [3.63, 3.8) is 0 Å². The lowest BCUT2D eigenvalue weighted by atomic mass is 10.1. The van der Waals surface area contributed by atoms with E-state index in [1.807, 2.05) is 18.4 Å². The fraction of sp³-hybridized carbons (Fsp3) is 0.571. The molecule has 0 saturated heterocycles. The predicted molar refractivity (Wildman–Crippen MR) is 78.2 cm³/mol. The lowest BCUT2D eigenvalue weighted by Crippen LogP contribution is -2.16. The third-order valence-electron chi connectivity index (χ3n) is 2.78. The minimum absolute atomic E-state index is 0.0111. The van der Waals surface area contributed by atoms with Crippen molar-refractivity contribution < 1.29 is 4.79 Å². The number of nitrogens with one attached hydrogen (secondary N) is 1. The van der Waals surface area contributed by atoms with Gasteiger partial charge in [-0.05, 0) is 30.4 Å². The van der Waals surface area contributed by atoms with Crippen molar-refractivity contribution in [2.24, 2.45) is 5.10 Å². The molecule has 1 aromatic heterocycles. The molecule has 0 fully saturated rings. The zero-order valence-electron chi connectivity index (χ0n) is 11.2. The second-order valence-corrected chi connectivity index (χ2v) is 5.37. The largest absolute Gasteiger partial charge is 0.273 e. The van der Waals surface area contributed by atoms with E-state index in [0.29, 0.717) is 6.42 Å². The van der Waals surface area contributed by atoms with Gasteiger partial charge in [-0.25, -0.2) is 5.43 Å². The molecule has 0 aliphatic heterocycles. The van der Waals surface area contributed by atoms with Gasteiger partial charge >= 0.3 is 0 Å². The molecule has 18 heavy (non-hydrogen) atoms. The summed E-state index contributed by atoms with van der Waals surface area (Å²) in [5.41, 5.74) is 3.77. The molecule has 0 aliphatic rings. The van der Waals surface area contributed by atoms with Crippen molar-refractivity contribution in [1.29, 1.82) is 0 Å². The van der Waals surface area contributed by atoms with Crippen LogP contribution in [0.5, 0.6) is 0 Å². The van der Waals surface area contributed by atoms with Crippen molar-refractivity contribution in [3.05, 3.63) is 21.9 Å². The van der Waals surface area contributed by atoms with E-state index in [1.54, 1.807) is 17.6 Å². The van der Waals surface area contributed by atoms with Gasteiger partial charge in [-0.2, -0.15) is 5.10 Å². The van der Waals surface area contributed by atoms with E-state index in [2.05, 4.69) is 17.5 Å². The maximum absolute atomic E-state index is 11.5. The van der Waals surface area contributed by atoms with E-state index in [-0.39, 0.29) is 5.91 Å². The molecule has 1 rings (SSSR count). The topological polar surface area (TPSA) is 41.5 Å². The van der Waals surface area contributed by atoms with Crippen molar-refractivity contribution in [2.45, 2.75) is 52.4 Å². The smallest absolute Gasteiger partial charge is 0.240 e. The van der Waals surface area contributed by atoms with Crippen molar-refractivity contribution in [2.75, 3.05) is 0 Å². The molecule has 0 aliphatic carbocycles. The first kappa shape index (κ1) is 14.9. The fourth-order valence-electron chi connectivity index (χ4n) is 1.62. The monoisotopic (exact) mass is 266 g/mol. The highest BCUT2D eigenvalue weighted by Crippen LogP contribution is 2.12. The number of carbonyl (C=O) groups is 1. The molecule has 3 nitrogen and oxygen atoms in total. The Morgan fingerprint density at radius 2 is 2.17 bits per heavy atom. The molecule has 0 unspecified atom stereocenters. The lowest BCUT2D eigenvalue weighted by Gasteiger charge is -1.99. The zero-order chi connectivity index (χ0) is 13.2. The lowest BCUT2D eigenvalue weighted by molar-refractivity contribution is -0.121. The van der Waals surface area contributed by atoms with E-state index in [4.69, 9.17) is 0 Å². The molecular formula is C14H22N2OS. The Bertz CT molecular complexity index is 385. The quantitative estimate of drug-likeness (QED) is 0.433. The summed E-state index contributed by atoms with van der Waals surface area (Å²) in [4.78, 5) is 12.6. The summed E-state index contributed by atoms with van der Waals surface area (Å²) in [6.07, 6.45) is 8.10. The molecule has 1 heterocycles. The van der Waals surface area contributed by atoms with Gasteiger partial charge in [0.2, 0.25) is 5.91 Å². The van der Waals surface area contributed by atoms with E-state index < -0.39 is 0 Å². The van der Waals surface area contributed by atoms with Crippen molar-refractivity contribution >= 4 is 23.5 Å². The van der Waals surface area contributed by atoms with Crippen LogP contribution in [-0.4, -0.2) is 12.1 Å². The highest BCUT2D eigenvalue weighted by Gasteiger charge is 1.99. The van der Waals surface area contributed by atoms with Gasteiger partial charge in [0.25, 0.3) is 0 Å². The number of rotatable bonds is 8. The molecule has 0 aromatic carbocycles. The summed E-state index contributed by atoms with van der Waals surface area (Å²) in [5, 5.41) is 6.00. The first-order chi connectivity index (χ1) is 8.74. The van der Waals surface area contributed by atoms with Crippen LogP contribution < -0.4 is 5.43 Å². The molecule has 0 spiro atoms. The van der Waals surface area contributed by atoms with E-state index >= 15 is 0 Å². The van der Waals surface area contributed by atoms with Crippen LogP contribution in [0.2, 0.25) is 0 Å². The average Bonchev–Trinajstić information content (AvgIpc) is 2.75. The summed E-state index contributed by atoms with van der Waals surface area (Å²) >= 11 is 1.63. The molecule has 0 radical (unpaired) electrons. The number of aryl methyl sites for hydroxylation is 1. The van der Waals surface area contributed by atoms with Gasteiger partial charge in [-0.1, -0.05) is 32.6 Å². The standard InChI is InChI=1S/C14H22N2OS/c1-3-4-5-6-7-8-14(17)16-15-11-13-12(2)9-10-18-13/h9-11H,3-8H2,1-2H3,(H,16,17). The molecule has 0 atom stereocenters. The summed E-state index contributed by atoms with van der Waals surface area (Å²) in [7, 11) is 0. The van der Waals surface area contributed by atoms with Crippen LogP contribution in [0.3, 0.4) is 0 Å². The van der Waals surface area contributed by atoms with Crippen LogP contribution in [0.15, 0.2) is 16.5 Å². The van der Waals surface area contributed by atoms with Gasteiger partial charge in [0, 0.05) is 11.3 Å². The van der Waals surface area contributed by atoms with Crippen molar-refractivity contribution in [3.8, 4) is 0 Å². The number of hydrogen-bond donors (Lipinski definition) is 1. The Labute approximate surface area is 113 Å². The highest BCUT2D eigenvalue weighted by atomic mass is 32.1. The van der Waals surface area contributed by atoms with Gasteiger partial charge in [-0.3, -0.25) is 4.79 Å². The average molecular weight is 266 g/mol. The molecule has 0 bridgehead atoms. The molecule has 1 N–H and O–H groups in total. The number of amides is 1. The summed E-state index contributed by atoms with van der Waals surface area (Å²) in [6, 6.07) is 2.04. The molecule has 4 heteroatoms. The van der Waals surface area contributed by atoms with Gasteiger partial charge < -0.3 is 0 Å². The van der Waals surface area contributed by atoms with Gasteiger partial charge in [-0.15, -0.1) is 11.3 Å². The number of thiophene rings is 1. The van der Waals surface area contributed by atoms with E-state index in [1.165, 1.54) is 24.8 Å². The maximum atomic E-state index is 11.5. The Morgan fingerprint density at radius 1 is 1.39 bits per heavy atom. The number of unbranched alkanes of at least 4 members (excludes halogenated alkanes) is 4. The van der Waals surface area contributed by atoms with Crippen molar-refractivity contribution in [1.82, 2.24) is 5.43 Å². The van der Waals surface area contributed by atoms with Gasteiger partial charge in [0.15, 0.2) is 0 Å². The van der Waals surface area contributed by atoms with Crippen LogP contribution in [0.1, 0.15) is 55.9 Å². The Hall–Kier alpha value is -1.16. The normalized spacial score (nSPS) is 11.0. The molecule has 1 amide bonds. The second kappa shape index (κ2) is 8.86. The first-order valence-corrected chi connectivity index (χ1v) is 7.48. The third-order valence-corrected chi connectivity index (χ3v) is 3.73. The summed E-state index contributed by atoms with van der Waals surface area (Å²) in [6.45, 7) is 4.22. The number of hydrogen-bond acceptors (Lipinski definition) is 3.